The smallest absolute Gasteiger partial charge is 0.0992 e. The lowest BCUT2D eigenvalue weighted by Crippen LogP contribution is -2.26. The highest BCUT2D eigenvalue weighted by Gasteiger charge is 2.39. The summed E-state index contributed by atoms with van der Waals surface area (Å²) in [5.74, 6) is 1.78. The largest absolute Gasteiger partial charge is 0.380 e. The molecule has 2 aromatic rings. The number of benzene rings is 1. The molecule has 0 amide bonds. The molecule has 0 aliphatic heterocycles. The molecule has 3 atom stereocenters. The molecule has 20 heavy (non-hydrogen) atoms. The van der Waals surface area contributed by atoms with E-state index in [2.05, 4.69) is 16.4 Å². The van der Waals surface area contributed by atoms with E-state index in [1.807, 2.05) is 22.9 Å². The van der Waals surface area contributed by atoms with Crippen LogP contribution in [0.2, 0.25) is 5.02 Å². The van der Waals surface area contributed by atoms with Crippen molar-refractivity contribution >= 4 is 17.3 Å². The van der Waals surface area contributed by atoms with Gasteiger partial charge in [-0.2, -0.15) is 0 Å². The zero-order chi connectivity index (χ0) is 13.5. The molecule has 1 N–H and O–H groups in total. The van der Waals surface area contributed by atoms with Gasteiger partial charge in [0.15, 0.2) is 0 Å². The molecule has 1 heterocycles. The molecule has 3 unspecified atom stereocenters. The van der Waals surface area contributed by atoms with Crippen molar-refractivity contribution in [1.29, 1.82) is 0 Å². The molecule has 0 radical (unpaired) electrons. The van der Waals surface area contributed by atoms with Crippen molar-refractivity contribution < 1.29 is 0 Å². The van der Waals surface area contributed by atoms with Gasteiger partial charge in [0, 0.05) is 18.4 Å². The Morgan fingerprint density at radius 2 is 2.20 bits per heavy atom. The van der Waals surface area contributed by atoms with E-state index in [-0.39, 0.29) is 0 Å². The topological polar surface area (TPSA) is 29.9 Å². The molecule has 1 aromatic carbocycles. The minimum atomic E-state index is 0.606. The van der Waals surface area contributed by atoms with Crippen molar-refractivity contribution in [3.63, 3.8) is 0 Å². The van der Waals surface area contributed by atoms with Gasteiger partial charge in [-0.05, 0) is 43.2 Å². The summed E-state index contributed by atoms with van der Waals surface area (Å²) in [7, 11) is 0. The van der Waals surface area contributed by atoms with Crippen molar-refractivity contribution in [2.24, 2.45) is 11.8 Å². The Labute approximate surface area is 124 Å². The van der Waals surface area contributed by atoms with Crippen LogP contribution in [0.1, 0.15) is 25.7 Å². The van der Waals surface area contributed by atoms with Crippen LogP contribution in [0.5, 0.6) is 0 Å². The Kier molecular flexibility index (Phi) is 2.95. The highest BCUT2D eigenvalue weighted by molar-refractivity contribution is 6.33. The molecule has 104 valence electrons. The van der Waals surface area contributed by atoms with E-state index in [4.69, 9.17) is 11.6 Å². The lowest BCUT2D eigenvalue weighted by molar-refractivity contribution is 0.439. The second-order valence-electron chi connectivity index (χ2n) is 6.03. The number of nitrogens with zero attached hydrogens (tertiary/aromatic N) is 2. The number of hydrogen-bond acceptors (Lipinski definition) is 2. The van der Waals surface area contributed by atoms with E-state index in [0.29, 0.717) is 6.04 Å². The Morgan fingerprint density at radius 1 is 1.25 bits per heavy atom. The number of para-hydroxylation sites is 1. The molecule has 2 saturated carbocycles. The summed E-state index contributed by atoms with van der Waals surface area (Å²) in [6, 6.07) is 6.67. The van der Waals surface area contributed by atoms with Crippen molar-refractivity contribution in [3.05, 3.63) is 41.9 Å². The van der Waals surface area contributed by atoms with E-state index in [1.165, 1.54) is 25.7 Å². The summed E-state index contributed by atoms with van der Waals surface area (Å²) >= 11 is 6.40. The molecule has 0 saturated heterocycles. The molecular formula is C16H18ClN3. The molecule has 2 fully saturated rings. The molecule has 0 spiro atoms. The number of halogens is 1. The standard InChI is InChI=1S/C16H18ClN3/c17-13-2-1-3-14(16(13)20-7-6-18-10-20)19-15-9-11-4-5-12(15)8-11/h1-3,6-7,10-12,15,19H,4-5,8-9H2. The van der Waals surface area contributed by atoms with Crippen molar-refractivity contribution in [1.82, 2.24) is 9.55 Å². The fourth-order valence-electron chi connectivity index (χ4n) is 3.91. The zero-order valence-electron chi connectivity index (χ0n) is 11.3. The number of anilines is 1. The third-order valence-electron chi connectivity index (χ3n) is 4.83. The Bertz CT molecular complexity index is 608. The molecule has 3 nitrogen and oxygen atoms in total. The second kappa shape index (κ2) is 4.81. The first-order valence-electron chi connectivity index (χ1n) is 7.34. The lowest BCUT2D eigenvalue weighted by atomic mass is 9.95. The molecule has 4 rings (SSSR count). The summed E-state index contributed by atoms with van der Waals surface area (Å²) < 4.78 is 1.98. The second-order valence-corrected chi connectivity index (χ2v) is 6.44. The first-order chi connectivity index (χ1) is 9.81. The van der Waals surface area contributed by atoms with Gasteiger partial charge < -0.3 is 9.88 Å². The number of fused-ring (bicyclic) bond motifs is 2. The van der Waals surface area contributed by atoms with Gasteiger partial charge in [-0.3, -0.25) is 0 Å². The van der Waals surface area contributed by atoms with Crippen LogP contribution in [-0.4, -0.2) is 15.6 Å². The average molecular weight is 288 g/mol. The van der Waals surface area contributed by atoms with Gasteiger partial charge in [-0.1, -0.05) is 24.1 Å². The van der Waals surface area contributed by atoms with E-state index in [0.717, 1.165) is 28.2 Å². The van der Waals surface area contributed by atoms with Gasteiger partial charge in [0.2, 0.25) is 0 Å². The molecule has 2 aliphatic carbocycles. The van der Waals surface area contributed by atoms with Gasteiger partial charge >= 0.3 is 0 Å². The van der Waals surface area contributed by atoms with Gasteiger partial charge in [-0.25, -0.2) is 4.98 Å². The van der Waals surface area contributed by atoms with Crippen LogP contribution < -0.4 is 5.32 Å². The van der Waals surface area contributed by atoms with E-state index in [1.54, 1.807) is 12.5 Å². The minimum absolute atomic E-state index is 0.606. The van der Waals surface area contributed by atoms with Crippen molar-refractivity contribution in [2.45, 2.75) is 31.7 Å². The summed E-state index contributed by atoms with van der Waals surface area (Å²) in [5.41, 5.74) is 2.13. The molecule has 2 bridgehead atoms. The highest BCUT2D eigenvalue weighted by Crippen LogP contribution is 2.46. The fraction of sp³-hybridized carbons (Fsp3) is 0.438. The predicted octanol–water partition coefficient (Wildman–Crippen LogP) is 4.13. The van der Waals surface area contributed by atoms with Gasteiger partial charge in [0.05, 0.1) is 22.7 Å². The molecule has 1 aromatic heterocycles. The maximum Gasteiger partial charge on any atom is 0.0992 e. The van der Waals surface area contributed by atoms with E-state index >= 15 is 0 Å². The number of rotatable bonds is 3. The van der Waals surface area contributed by atoms with Crippen LogP contribution >= 0.6 is 11.6 Å². The summed E-state index contributed by atoms with van der Waals surface area (Å²) in [6.45, 7) is 0. The van der Waals surface area contributed by atoms with Gasteiger partial charge in [0.1, 0.15) is 0 Å². The van der Waals surface area contributed by atoms with Gasteiger partial charge in [-0.15, -0.1) is 0 Å². The molecular weight excluding hydrogens is 270 g/mol. The highest BCUT2D eigenvalue weighted by atomic mass is 35.5. The Balaban J connectivity index is 1.66. The van der Waals surface area contributed by atoms with E-state index in [9.17, 15) is 0 Å². The zero-order valence-corrected chi connectivity index (χ0v) is 12.1. The lowest BCUT2D eigenvalue weighted by Gasteiger charge is -2.25. The van der Waals surface area contributed by atoms with Crippen molar-refractivity contribution in [2.75, 3.05) is 5.32 Å². The summed E-state index contributed by atoms with van der Waals surface area (Å²) in [6.07, 6.45) is 11.0. The Morgan fingerprint density at radius 3 is 2.90 bits per heavy atom. The molecule has 2 aliphatic rings. The quantitative estimate of drug-likeness (QED) is 0.920. The fourth-order valence-corrected chi connectivity index (χ4v) is 4.18. The van der Waals surface area contributed by atoms with Crippen LogP contribution in [0.3, 0.4) is 0 Å². The predicted molar refractivity (Wildman–Crippen MR) is 81.4 cm³/mol. The Hall–Kier alpha value is -1.48. The first kappa shape index (κ1) is 12.3. The molecule has 4 heteroatoms. The third kappa shape index (κ3) is 2.01. The summed E-state index contributed by atoms with van der Waals surface area (Å²) in [4.78, 5) is 4.13. The first-order valence-corrected chi connectivity index (χ1v) is 7.72. The number of imidazole rings is 1. The normalized spacial score (nSPS) is 27.9. The number of aromatic nitrogens is 2. The van der Waals surface area contributed by atoms with Crippen molar-refractivity contribution in [3.8, 4) is 5.69 Å². The van der Waals surface area contributed by atoms with E-state index < -0.39 is 0 Å². The van der Waals surface area contributed by atoms with Crippen LogP contribution in [0, 0.1) is 11.8 Å². The third-order valence-corrected chi connectivity index (χ3v) is 5.13. The van der Waals surface area contributed by atoms with Gasteiger partial charge in [0.25, 0.3) is 0 Å². The van der Waals surface area contributed by atoms with Crippen LogP contribution in [0.25, 0.3) is 5.69 Å². The van der Waals surface area contributed by atoms with Crippen LogP contribution in [0.4, 0.5) is 5.69 Å². The van der Waals surface area contributed by atoms with Crippen LogP contribution in [-0.2, 0) is 0 Å². The monoisotopic (exact) mass is 287 g/mol. The SMILES string of the molecule is Clc1cccc(NC2CC3CCC2C3)c1-n1ccnc1. The number of hydrogen-bond donors (Lipinski definition) is 1. The number of nitrogens with one attached hydrogen (secondary N) is 1. The minimum Gasteiger partial charge on any atom is -0.380 e. The maximum absolute atomic E-state index is 6.40. The maximum atomic E-state index is 6.40. The van der Waals surface area contributed by atoms with Crippen LogP contribution in [0.15, 0.2) is 36.9 Å². The summed E-state index contributed by atoms with van der Waals surface area (Å²) in [5, 5.41) is 4.50. The average Bonchev–Trinajstić information content (AvgIpc) is 3.16.